The summed E-state index contributed by atoms with van der Waals surface area (Å²) in [5.74, 6) is -9.21. The monoisotopic (exact) mass is 1230 g/mol. The average molecular weight is 1230 g/mol. The predicted octanol–water partition coefficient (Wildman–Crippen LogP) is 0.824. The number of carbonyl (C=O) groups excluding carboxylic acids is 11. The number of aliphatic hydroxyl groups is 1. The number of halogens is 1. The molecule has 452 valence electrons. The lowest BCUT2D eigenvalue weighted by molar-refractivity contribution is -0.148. The summed E-state index contributed by atoms with van der Waals surface area (Å²) in [4.78, 5) is 157. The number of thioether (sulfide) groups is 1. The van der Waals surface area contributed by atoms with Crippen LogP contribution in [0, 0.1) is 23.7 Å². The van der Waals surface area contributed by atoms with E-state index in [0.717, 1.165) is 18.9 Å². The predicted molar refractivity (Wildman–Crippen MR) is 306 cm³/mol. The van der Waals surface area contributed by atoms with Crippen molar-refractivity contribution in [1.29, 1.82) is 0 Å². The number of rotatable bonds is 21. The van der Waals surface area contributed by atoms with Gasteiger partial charge in [0.05, 0.1) is 82.2 Å². The van der Waals surface area contributed by atoms with Crippen LogP contribution in [-0.2, 0) is 79.8 Å². The Labute approximate surface area is 490 Å². The summed E-state index contributed by atoms with van der Waals surface area (Å²) in [5.41, 5.74) is 1.70. The van der Waals surface area contributed by atoms with Crippen molar-refractivity contribution in [3.63, 3.8) is 0 Å². The summed E-state index contributed by atoms with van der Waals surface area (Å²) >= 11 is 4.14. The molecular formula is C56H80BrN9O15S. The topological polar surface area (TPSA) is 339 Å². The smallest absolute Gasteiger partial charge is 0.306 e. The van der Waals surface area contributed by atoms with E-state index >= 15 is 0 Å². The molecule has 3 aliphatic rings. The maximum atomic E-state index is 14.8. The van der Waals surface area contributed by atoms with Crippen molar-refractivity contribution in [3.8, 4) is 0 Å². The molecule has 0 saturated carbocycles. The molecule has 1 aromatic carbocycles. The fraction of sp³-hybridized carbons (Fsp3) is 0.625. The molecule has 26 heteroatoms. The number of hydrogen-bond donors (Lipinski definition) is 9. The average Bonchev–Trinajstić information content (AvgIpc) is 3.85. The summed E-state index contributed by atoms with van der Waals surface area (Å²) in [6.07, 6.45) is 0.0449. The first-order chi connectivity index (χ1) is 39.2. The fourth-order valence-electron chi connectivity index (χ4n) is 9.95. The quantitative estimate of drug-likeness (QED) is 0.0475. The Morgan fingerprint density at radius 1 is 0.841 bits per heavy atom. The van der Waals surface area contributed by atoms with Gasteiger partial charge in [0.25, 0.3) is 0 Å². The number of hydrogen-bond acceptors (Lipinski definition) is 17. The summed E-state index contributed by atoms with van der Waals surface area (Å²) in [5, 5.41) is 31.4. The van der Waals surface area contributed by atoms with Crippen LogP contribution in [0.5, 0.6) is 0 Å². The van der Waals surface area contributed by atoms with E-state index in [2.05, 4.69) is 58.1 Å². The third-order valence-electron chi connectivity index (χ3n) is 15.0. The van der Waals surface area contributed by atoms with Gasteiger partial charge in [-0.05, 0) is 52.9 Å². The van der Waals surface area contributed by atoms with Gasteiger partial charge in [0.1, 0.15) is 11.8 Å². The van der Waals surface area contributed by atoms with Crippen LogP contribution in [-0.4, -0.2) is 188 Å². The molecular weight excluding hydrogens is 1150 g/mol. The van der Waals surface area contributed by atoms with Crippen LogP contribution in [0.4, 0.5) is 0 Å². The normalized spacial score (nSPS) is 23.7. The zero-order valence-electron chi connectivity index (χ0n) is 47.3. The van der Waals surface area contributed by atoms with Crippen LogP contribution in [0.2, 0.25) is 0 Å². The Balaban J connectivity index is 1.48. The highest BCUT2D eigenvalue weighted by atomic mass is 79.9. The molecule has 3 aliphatic heterocycles. The highest BCUT2D eigenvalue weighted by Crippen LogP contribution is 2.35. The first kappa shape index (κ1) is 66.7. The lowest BCUT2D eigenvalue weighted by atomic mass is 9.86. The van der Waals surface area contributed by atoms with Gasteiger partial charge in [0.2, 0.25) is 41.4 Å². The van der Waals surface area contributed by atoms with Crippen LogP contribution < -0.4 is 37.2 Å². The number of methoxy groups -OCH3 is 1. The van der Waals surface area contributed by atoms with Gasteiger partial charge in [-0.15, -0.1) is 11.8 Å². The van der Waals surface area contributed by atoms with E-state index in [4.69, 9.17) is 14.2 Å². The molecule has 0 spiro atoms. The number of carbonyl (C=O) groups is 11. The number of benzene rings is 1. The number of amides is 7. The molecule has 2 bridgehead atoms. The van der Waals surface area contributed by atoms with E-state index in [9.17, 15) is 57.8 Å². The van der Waals surface area contributed by atoms with Gasteiger partial charge in [0, 0.05) is 93.0 Å². The van der Waals surface area contributed by atoms with Crippen LogP contribution in [0.15, 0.2) is 34.3 Å². The number of aromatic amines is 1. The second-order valence-corrected chi connectivity index (χ2v) is 22.6. The van der Waals surface area contributed by atoms with E-state index in [1.807, 2.05) is 20.8 Å². The SMILES string of the molecule is CCC(C)[C@@H]1NC[C@@H]2C[C@@H](O)CN2C(=O)[C@H](CC(=O)OC)CC(=O)[C@@H]2CSc3[nH]c4ccc(CC(=O)CCNC(=O)CCOCCOCCNC(=O)/C=C/Br)cc4c3C[C@H](CC1=O)C(=O)NCC(=O)N[C@@H]([C@@H](C)CC)C(=O)NCC(=O)N2. The number of esters is 1. The minimum atomic E-state index is -1.34. The van der Waals surface area contributed by atoms with Crippen molar-refractivity contribution < 1.29 is 72.1 Å². The summed E-state index contributed by atoms with van der Waals surface area (Å²) < 4.78 is 15.8. The molecule has 9 N–H and O–H groups in total. The molecule has 24 nitrogen and oxygen atoms in total. The molecule has 4 heterocycles. The zero-order chi connectivity index (χ0) is 59.9. The Morgan fingerprint density at radius 2 is 1.54 bits per heavy atom. The van der Waals surface area contributed by atoms with Gasteiger partial charge in [-0.1, -0.05) is 62.5 Å². The number of H-pyrrole nitrogens is 1. The molecule has 0 aliphatic carbocycles. The number of ketones is 3. The lowest BCUT2D eigenvalue weighted by Gasteiger charge is -2.32. The number of nitrogens with zero attached hydrogens (tertiary/aromatic N) is 1. The third-order valence-corrected chi connectivity index (χ3v) is 16.4. The van der Waals surface area contributed by atoms with E-state index in [1.165, 1.54) is 16.0 Å². The van der Waals surface area contributed by atoms with E-state index in [0.29, 0.717) is 53.0 Å². The molecule has 2 aromatic rings. The van der Waals surface area contributed by atoms with Gasteiger partial charge >= 0.3 is 5.97 Å². The highest BCUT2D eigenvalue weighted by Gasteiger charge is 2.41. The van der Waals surface area contributed by atoms with Crippen molar-refractivity contribution in [2.45, 2.75) is 127 Å². The molecule has 1 unspecified atom stereocenters. The molecule has 1 aromatic heterocycles. The molecule has 0 radical (unpaired) electrons. The van der Waals surface area contributed by atoms with Gasteiger partial charge < -0.3 is 66.4 Å². The van der Waals surface area contributed by atoms with Crippen LogP contribution in [0.1, 0.15) is 90.2 Å². The Bertz CT molecular complexity index is 2630. The zero-order valence-corrected chi connectivity index (χ0v) is 49.7. The number of aromatic nitrogens is 1. The van der Waals surface area contributed by atoms with E-state index in [-0.39, 0.29) is 113 Å². The fourth-order valence-corrected chi connectivity index (χ4v) is 11.3. The number of aliphatic hydroxyl groups excluding tert-OH is 1. The van der Waals surface area contributed by atoms with Crippen molar-refractivity contribution in [3.05, 3.63) is 40.4 Å². The van der Waals surface area contributed by atoms with Gasteiger partial charge in [-0.3, -0.25) is 52.7 Å². The second kappa shape index (κ2) is 33.9. The molecule has 9 atom stereocenters. The molecule has 5 rings (SSSR count). The minimum absolute atomic E-state index is 0.0131. The standard InChI is InChI=1S/C56H80BrN9O15S/c1-6-32(3)51-45(70)23-35-22-41-40-21-34(20-38(67)11-14-58-47(72)12-16-80-18-19-81-17-15-59-46(71)10-13-57)8-9-42(40)64-55(41)82-31-43(63-48(73)28-62-54(77)52(33(4)7-2)65-49(74)29-61-53(35)76)44(69)24-36(25-50(75)79-5)56(78)66-30-39(68)26-37(66)27-60-51/h8-10,13,21,32-33,35-37,39,43,51-52,60,64,68H,6-7,11-12,14-20,22-31H2,1-5H3,(H,58,72)(H,59,71)(H,61,76)(H,62,77)(H,63,73)(H,65,74)/b13-10+/t32?,33-,35+,36-,37-,39+,43-,51-,52-/m0/s1. The Hall–Kier alpha value is -6.06. The number of fused-ring (bicyclic) bond motifs is 5. The maximum absolute atomic E-state index is 14.8. The van der Waals surface area contributed by atoms with Crippen molar-refractivity contribution in [1.82, 2.24) is 47.1 Å². The molecule has 7 amide bonds. The first-order valence-corrected chi connectivity index (χ1v) is 29.9. The minimum Gasteiger partial charge on any atom is -0.469 e. The maximum Gasteiger partial charge on any atom is 0.306 e. The summed E-state index contributed by atoms with van der Waals surface area (Å²) in [6, 6.07) is 1.29. The number of ether oxygens (including phenoxy) is 3. The second-order valence-electron chi connectivity index (χ2n) is 21.0. The Kier molecular flexibility index (Phi) is 27.6. The largest absolute Gasteiger partial charge is 0.469 e. The lowest BCUT2D eigenvalue weighted by Crippen LogP contribution is -2.55. The Morgan fingerprint density at radius 3 is 2.24 bits per heavy atom. The molecule has 1 saturated heterocycles. The van der Waals surface area contributed by atoms with E-state index < -0.39 is 115 Å². The molecule has 1 fully saturated rings. The van der Waals surface area contributed by atoms with Crippen LogP contribution >= 0.6 is 27.7 Å². The molecule has 82 heavy (non-hydrogen) atoms. The number of nitrogens with one attached hydrogen (secondary N) is 8. The van der Waals surface area contributed by atoms with Gasteiger partial charge in [0.15, 0.2) is 11.6 Å². The van der Waals surface area contributed by atoms with Crippen molar-refractivity contribution in [2.24, 2.45) is 23.7 Å². The first-order valence-electron chi connectivity index (χ1n) is 28.0. The van der Waals surface area contributed by atoms with Gasteiger partial charge in [-0.2, -0.15) is 0 Å². The summed E-state index contributed by atoms with van der Waals surface area (Å²) in [7, 11) is 1.15. The van der Waals surface area contributed by atoms with Gasteiger partial charge in [-0.25, -0.2) is 0 Å². The van der Waals surface area contributed by atoms with Crippen molar-refractivity contribution >= 4 is 103 Å². The third kappa shape index (κ3) is 20.7. The van der Waals surface area contributed by atoms with E-state index in [1.54, 1.807) is 25.1 Å². The highest BCUT2D eigenvalue weighted by molar-refractivity contribution is 9.11. The number of Topliss-reactive ketones (excluding diaryl/α,β-unsaturated/α-hetero) is 3. The summed E-state index contributed by atoms with van der Waals surface area (Å²) in [6.45, 7) is 7.41. The van der Waals surface area contributed by atoms with Crippen LogP contribution in [0.3, 0.4) is 0 Å². The van der Waals surface area contributed by atoms with Crippen LogP contribution in [0.25, 0.3) is 10.9 Å². The van der Waals surface area contributed by atoms with Crippen molar-refractivity contribution in [2.75, 3.05) is 78.6 Å².